The van der Waals surface area contributed by atoms with Crippen molar-refractivity contribution < 1.29 is 23.8 Å². The lowest BCUT2D eigenvalue weighted by atomic mass is 10.1. The monoisotopic (exact) mass is 366 g/mol. The summed E-state index contributed by atoms with van der Waals surface area (Å²) in [6, 6.07) is 11.7. The first-order chi connectivity index (χ1) is 12.9. The standard InChI is InChI=1S/C20H18N2O5/c1-12-5-4-6-14(9-12)20(24)27-11-17-19(13(2)23)22(25)18-10-15(26-3)7-8-16(18)21-17/h4-10H,11H2,1-3H3. The zero-order chi connectivity index (χ0) is 19.6. The molecule has 0 spiro atoms. The molecular weight excluding hydrogens is 348 g/mol. The Morgan fingerprint density at radius 1 is 1.19 bits per heavy atom. The molecule has 0 saturated carbocycles. The zero-order valence-electron chi connectivity index (χ0n) is 15.2. The van der Waals surface area contributed by atoms with Crippen molar-refractivity contribution in [2.75, 3.05) is 7.11 Å². The largest absolute Gasteiger partial charge is 0.618 e. The minimum atomic E-state index is -0.553. The van der Waals surface area contributed by atoms with Gasteiger partial charge in [-0.05, 0) is 31.2 Å². The number of fused-ring (bicyclic) bond motifs is 1. The minimum absolute atomic E-state index is 0.108. The van der Waals surface area contributed by atoms with Gasteiger partial charge in [0.1, 0.15) is 17.9 Å². The number of rotatable bonds is 5. The maximum atomic E-state index is 12.7. The predicted octanol–water partition coefficient (Wildman–Crippen LogP) is 2.74. The number of ether oxygens (including phenoxy) is 2. The molecular formula is C20H18N2O5. The second kappa shape index (κ2) is 7.41. The first kappa shape index (κ1) is 18.3. The minimum Gasteiger partial charge on any atom is -0.618 e. The second-order valence-corrected chi connectivity index (χ2v) is 6.06. The molecule has 0 bridgehead atoms. The van der Waals surface area contributed by atoms with Crippen molar-refractivity contribution in [1.82, 2.24) is 4.98 Å². The summed E-state index contributed by atoms with van der Waals surface area (Å²) < 4.78 is 10.9. The van der Waals surface area contributed by atoms with Crippen LogP contribution in [0.3, 0.4) is 0 Å². The Morgan fingerprint density at radius 3 is 2.63 bits per heavy atom. The third kappa shape index (κ3) is 3.72. The molecule has 7 nitrogen and oxygen atoms in total. The second-order valence-electron chi connectivity index (χ2n) is 6.06. The molecule has 0 saturated heterocycles. The molecule has 0 unspecified atom stereocenters. The van der Waals surface area contributed by atoms with Crippen molar-refractivity contribution in [3.05, 3.63) is 70.2 Å². The van der Waals surface area contributed by atoms with E-state index < -0.39 is 11.8 Å². The molecule has 138 valence electrons. The van der Waals surface area contributed by atoms with Crippen LogP contribution < -0.4 is 9.47 Å². The summed E-state index contributed by atoms with van der Waals surface area (Å²) in [5.74, 6) is -0.548. The van der Waals surface area contributed by atoms with Crippen molar-refractivity contribution in [3.8, 4) is 5.75 Å². The van der Waals surface area contributed by atoms with Crippen molar-refractivity contribution in [3.63, 3.8) is 0 Å². The fraction of sp³-hybridized carbons (Fsp3) is 0.200. The van der Waals surface area contributed by atoms with Gasteiger partial charge in [-0.2, -0.15) is 4.73 Å². The lowest BCUT2D eigenvalue weighted by Gasteiger charge is -2.11. The molecule has 0 amide bonds. The van der Waals surface area contributed by atoms with E-state index in [0.717, 1.165) is 5.56 Å². The maximum Gasteiger partial charge on any atom is 0.338 e. The number of Topliss-reactive ketones (excluding diaryl/α,β-unsaturated/α-hetero) is 1. The van der Waals surface area contributed by atoms with Crippen LogP contribution in [0.4, 0.5) is 0 Å². The van der Waals surface area contributed by atoms with E-state index >= 15 is 0 Å². The molecule has 27 heavy (non-hydrogen) atoms. The molecule has 0 aliphatic heterocycles. The molecule has 1 heterocycles. The maximum absolute atomic E-state index is 12.7. The number of benzene rings is 2. The van der Waals surface area contributed by atoms with Gasteiger partial charge >= 0.3 is 5.97 Å². The number of hydrogen-bond donors (Lipinski definition) is 0. The van der Waals surface area contributed by atoms with Crippen LogP contribution in [0.1, 0.15) is 39.0 Å². The van der Waals surface area contributed by atoms with E-state index in [0.29, 0.717) is 21.6 Å². The number of aromatic nitrogens is 2. The molecule has 0 N–H and O–H groups in total. The van der Waals surface area contributed by atoms with Crippen molar-refractivity contribution in [1.29, 1.82) is 0 Å². The van der Waals surface area contributed by atoms with Crippen LogP contribution >= 0.6 is 0 Å². The predicted molar refractivity (Wildman–Crippen MR) is 97.6 cm³/mol. The molecule has 0 aliphatic rings. The van der Waals surface area contributed by atoms with Crippen LogP contribution in [0.25, 0.3) is 11.0 Å². The molecule has 3 rings (SSSR count). The highest BCUT2D eigenvalue weighted by atomic mass is 16.5. The fourth-order valence-corrected chi connectivity index (χ4v) is 2.76. The van der Waals surface area contributed by atoms with Gasteiger partial charge in [0.05, 0.1) is 18.7 Å². The van der Waals surface area contributed by atoms with Gasteiger partial charge in [-0.25, -0.2) is 9.78 Å². The highest BCUT2D eigenvalue weighted by Crippen LogP contribution is 2.19. The topological polar surface area (TPSA) is 92.4 Å². The van der Waals surface area contributed by atoms with E-state index in [1.165, 1.54) is 20.1 Å². The summed E-state index contributed by atoms with van der Waals surface area (Å²) in [7, 11) is 1.48. The first-order valence-corrected chi connectivity index (χ1v) is 8.25. The Hall–Kier alpha value is -3.48. The first-order valence-electron chi connectivity index (χ1n) is 8.25. The number of esters is 1. The molecule has 0 atom stereocenters. The SMILES string of the molecule is COc1ccc2nc(COC(=O)c3cccc(C)c3)c(C(C)=O)[n+]([O-])c2c1. The Morgan fingerprint density at radius 2 is 1.96 bits per heavy atom. The fourth-order valence-electron chi connectivity index (χ4n) is 2.76. The highest BCUT2D eigenvalue weighted by molar-refractivity contribution is 5.93. The van der Waals surface area contributed by atoms with Crippen molar-refractivity contribution >= 4 is 22.8 Å². The highest BCUT2D eigenvalue weighted by Gasteiger charge is 2.24. The van der Waals surface area contributed by atoms with Crippen LogP contribution in [0.15, 0.2) is 42.5 Å². The number of nitrogens with zero attached hydrogens (tertiary/aromatic N) is 2. The lowest BCUT2D eigenvalue weighted by molar-refractivity contribution is -0.580. The van der Waals surface area contributed by atoms with E-state index in [1.807, 2.05) is 13.0 Å². The third-order valence-corrected chi connectivity index (χ3v) is 4.06. The Labute approximate surface area is 155 Å². The number of carbonyl (C=O) groups excluding carboxylic acids is 2. The van der Waals surface area contributed by atoms with Gasteiger partial charge in [0.15, 0.2) is 5.69 Å². The van der Waals surface area contributed by atoms with E-state index in [-0.39, 0.29) is 23.5 Å². The molecule has 2 aromatic carbocycles. The van der Waals surface area contributed by atoms with E-state index in [2.05, 4.69) is 4.98 Å². The summed E-state index contributed by atoms with van der Waals surface area (Å²) in [4.78, 5) is 28.6. The number of ketones is 1. The van der Waals surface area contributed by atoms with Crippen LogP contribution in [-0.2, 0) is 11.3 Å². The van der Waals surface area contributed by atoms with Crippen LogP contribution in [0.2, 0.25) is 0 Å². The van der Waals surface area contributed by atoms with Crippen LogP contribution in [0, 0.1) is 12.1 Å². The van der Waals surface area contributed by atoms with Gasteiger partial charge in [0, 0.05) is 6.92 Å². The summed E-state index contributed by atoms with van der Waals surface area (Å²) in [6.45, 7) is 2.85. The number of hydrogen-bond acceptors (Lipinski definition) is 6. The van der Waals surface area contributed by atoms with Crippen molar-refractivity contribution in [2.24, 2.45) is 0 Å². The average molecular weight is 366 g/mol. The van der Waals surface area contributed by atoms with Crippen LogP contribution in [0.5, 0.6) is 5.75 Å². The number of methoxy groups -OCH3 is 1. The van der Waals surface area contributed by atoms with E-state index in [4.69, 9.17) is 9.47 Å². The quantitative estimate of drug-likeness (QED) is 0.298. The number of aryl methyl sites for hydroxylation is 1. The summed E-state index contributed by atoms with van der Waals surface area (Å²) in [5, 5.41) is 12.7. The Bertz CT molecular complexity index is 1050. The third-order valence-electron chi connectivity index (χ3n) is 4.06. The lowest BCUT2D eigenvalue weighted by Crippen LogP contribution is -2.37. The normalized spacial score (nSPS) is 10.6. The summed E-state index contributed by atoms with van der Waals surface area (Å²) >= 11 is 0. The van der Waals surface area contributed by atoms with E-state index in [9.17, 15) is 14.8 Å². The van der Waals surface area contributed by atoms with Crippen molar-refractivity contribution in [2.45, 2.75) is 20.5 Å². The molecule has 1 aromatic heterocycles. The Balaban J connectivity index is 1.97. The number of carbonyl (C=O) groups is 2. The smallest absolute Gasteiger partial charge is 0.338 e. The Kier molecular flexibility index (Phi) is 5.03. The average Bonchev–Trinajstić information content (AvgIpc) is 2.65. The molecule has 7 heteroatoms. The van der Waals surface area contributed by atoms with Gasteiger partial charge in [0.25, 0.3) is 5.69 Å². The molecule has 0 radical (unpaired) electrons. The zero-order valence-corrected chi connectivity index (χ0v) is 15.2. The van der Waals surface area contributed by atoms with E-state index in [1.54, 1.807) is 30.3 Å². The van der Waals surface area contributed by atoms with Gasteiger partial charge in [-0.1, -0.05) is 17.7 Å². The van der Waals surface area contributed by atoms with Gasteiger partial charge < -0.3 is 14.7 Å². The summed E-state index contributed by atoms with van der Waals surface area (Å²) in [6.07, 6.45) is 0. The summed E-state index contributed by atoms with van der Waals surface area (Å²) in [5.41, 5.74) is 1.83. The van der Waals surface area contributed by atoms with Crippen LogP contribution in [-0.4, -0.2) is 23.8 Å². The molecule has 0 aliphatic carbocycles. The van der Waals surface area contributed by atoms with Gasteiger partial charge in [0.2, 0.25) is 11.3 Å². The van der Waals surface area contributed by atoms with Gasteiger partial charge in [-0.3, -0.25) is 4.79 Å². The van der Waals surface area contributed by atoms with Gasteiger partial charge in [-0.15, -0.1) is 0 Å². The molecule has 3 aromatic rings. The molecule has 0 fully saturated rings.